The summed E-state index contributed by atoms with van der Waals surface area (Å²) >= 11 is 0. The van der Waals surface area contributed by atoms with E-state index in [4.69, 9.17) is 0 Å². The molecule has 0 atom stereocenters. The molecule has 0 bridgehead atoms. The monoisotopic (exact) mass is 452 g/mol. The number of hydrogen-bond acceptors (Lipinski definition) is 1. The van der Waals surface area contributed by atoms with Crippen LogP contribution in [0.5, 0.6) is 0 Å². The molecule has 1 saturated carbocycles. The normalized spacial score (nSPS) is 18.9. The van der Waals surface area contributed by atoms with Crippen LogP contribution < -0.4 is 0 Å². The Hall–Kier alpha value is -2.70. The minimum absolute atomic E-state index is 0.149. The Morgan fingerprint density at radius 2 is 1.56 bits per heavy atom. The van der Waals surface area contributed by atoms with Crippen molar-refractivity contribution in [3.8, 4) is 11.1 Å². The highest BCUT2D eigenvalue weighted by Crippen LogP contribution is 2.43. The minimum atomic E-state index is -1.83. The lowest BCUT2D eigenvalue weighted by molar-refractivity contribution is 0.0686. The number of benzene rings is 2. The summed E-state index contributed by atoms with van der Waals surface area (Å²) in [7, 11) is 0. The van der Waals surface area contributed by atoms with Crippen molar-refractivity contribution in [3.05, 3.63) is 70.6 Å². The SMILES string of the molecule is CCC/C=C/C[C@H]1CC[C@H](c2cc(F)c(C(=O)O)c(F)c2-c2cc(F)c(F)c(F)c2)CC1. The number of allylic oxidation sites excluding steroid dienone is 2. The average molecular weight is 452 g/mol. The molecule has 3 rings (SSSR count). The van der Waals surface area contributed by atoms with Gasteiger partial charge in [0.25, 0.3) is 0 Å². The summed E-state index contributed by atoms with van der Waals surface area (Å²) in [6.07, 6.45) is 10.1. The van der Waals surface area contributed by atoms with Crippen LogP contribution in [0, 0.1) is 35.0 Å². The van der Waals surface area contributed by atoms with Crippen molar-refractivity contribution in [2.24, 2.45) is 5.92 Å². The predicted molar refractivity (Wildman–Crippen MR) is 112 cm³/mol. The van der Waals surface area contributed by atoms with Gasteiger partial charge in [-0.25, -0.2) is 26.7 Å². The van der Waals surface area contributed by atoms with E-state index < -0.39 is 46.2 Å². The lowest BCUT2D eigenvalue weighted by atomic mass is 9.75. The fraction of sp³-hybridized carbons (Fsp3) is 0.400. The molecule has 0 unspecified atom stereocenters. The summed E-state index contributed by atoms with van der Waals surface area (Å²) in [5.74, 6) is -9.17. The van der Waals surface area contributed by atoms with E-state index in [1.807, 2.05) is 0 Å². The van der Waals surface area contributed by atoms with Crippen LogP contribution in [0.1, 0.15) is 73.7 Å². The van der Waals surface area contributed by atoms with Crippen molar-refractivity contribution in [1.29, 1.82) is 0 Å². The molecular formula is C25H25F5O2. The van der Waals surface area contributed by atoms with Gasteiger partial charge in [-0.05, 0) is 79.7 Å². The number of carboxylic acids is 1. The third-order valence-corrected chi connectivity index (χ3v) is 6.11. The lowest BCUT2D eigenvalue weighted by Gasteiger charge is -2.30. The standard InChI is InChI=1S/C25H25F5O2/c1-2-3-4-5-6-14-7-9-15(10-8-14)17-13-18(26)22(25(31)32)24(30)21(17)16-11-19(27)23(29)20(28)12-16/h4-5,11-15H,2-3,6-10H2,1H3,(H,31,32)/b5-4+/t14-,15-. The maximum Gasteiger partial charge on any atom is 0.341 e. The van der Waals surface area contributed by atoms with Gasteiger partial charge in [-0.3, -0.25) is 0 Å². The third-order valence-electron chi connectivity index (χ3n) is 6.11. The van der Waals surface area contributed by atoms with E-state index in [0.29, 0.717) is 30.9 Å². The molecule has 1 fully saturated rings. The summed E-state index contributed by atoms with van der Waals surface area (Å²) in [6.45, 7) is 2.10. The summed E-state index contributed by atoms with van der Waals surface area (Å²) < 4.78 is 70.9. The molecule has 2 aromatic carbocycles. The first-order valence-electron chi connectivity index (χ1n) is 10.8. The molecule has 0 spiro atoms. The quantitative estimate of drug-likeness (QED) is 0.265. The number of carbonyl (C=O) groups is 1. The van der Waals surface area contributed by atoms with Crippen molar-refractivity contribution in [3.63, 3.8) is 0 Å². The van der Waals surface area contributed by atoms with Crippen LogP contribution in [0.2, 0.25) is 0 Å². The Balaban J connectivity index is 1.99. The van der Waals surface area contributed by atoms with E-state index >= 15 is 4.39 Å². The maximum atomic E-state index is 15.2. The molecule has 2 nitrogen and oxygen atoms in total. The van der Waals surface area contributed by atoms with E-state index in [-0.39, 0.29) is 17.0 Å². The number of hydrogen-bond donors (Lipinski definition) is 1. The van der Waals surface area contributed by atoms with Gasteiger partial charge in [0.2, 0.25) is 0 Å². The Morgan fingerprint density at radius 3 is 2.12 bits per heavy atom. The summed E-state index contributed by atoms with van der Waals surface area (Å²) in [6, 6.07) is 2.15. The molecule has 0 amide bonds. The number of unbranched alkanes of at least 4 members (excludes halogenated alkanes) is 1. The van der Waals surface area contributed by atoms with Gasteiger partial charge in [-0.2, -0.15) is 0 Å². The first kappa shape index (κ1) is 24.0. The van der Waals surface area contributed by atoms with Crippen LogP contribution in [-0.2, 0) is 0 Å². The second-order valence-electron chi connectivity index (χ2n) is 8.28. The maximum absolute atomic E-state index is 15.2. The molecule has 32 heavy (non-hydrogen) atoms. The van der Waals surface area contributed by atoms with Crippen LogP contribution in [0.3, 0.4) is 0 Å². The molecule has 0 radical (unpaired) electrons. The highest BCUT2D eigenvalue weighted by Gasteiger charge is 2.30. The van der Waals surface area contributed by atoms with Gasteiger partial charge < -0.3 is 5.11 Å². The molecular weight excluding hydrogens is 427 g/mol. The summed E-state index contributed by atoms with van der Waals surface area (Å²) in [4.78, 5) is 11.4. The van der Waals surface area contributed by atoms with Gasteiger partial charge in [-0.1, -0.05) is 25.5 Å². The zero-order chi connectivity index (χ0) is 23.4. The van der Waals surface area contributed by atoms with Crippen molar-refractivity contribution in [2.75, 3.05) is 0 Å². The second kappa shape index (κ2) is 10.3. The molecule has 0 heterocycles. The third kappa shape index (κ3) is 5.03. The first-order valence-corrected chi connectivity index (χ1v) is 10.8. The zero-order valence-electron chi connectivity index (χ0n) is 17.7. The smallest absolute Gasteiger partial charge is 0.341 e. The molecule has 7 heteroatoms. The van der Waals surface area contributed by atoms with E-state index in [1.165, 1.54) is 0 Å². The van der Waals surface area contributed by atoms with Crippen molar-refractivity contribution in [2.45, 2.75) is 57.8 Å². The van der Waals surface area contributed by atoms with Gasteiger partial charge >= 0.3 is 5.97 Å². The highest BCUT2D eigenvalue weighted by molar-refractivity contribution is 5.91. The molecule has 0 saturated heterocycles. The first-order chi connectivity index (χ1) is 15.2. The molecule has 0 aromatic heterocycles. The van der Waals surface area contributed by atoms with Gasteiger partial charge in [-0.15, -0.1) is 0 Å². The molecule has 1 N–H and O–H groups in total. The molecule has 1 aliphatic rings. The number of rotatable bonds is 7. The van der Waals surface area contributed by atoms with Crippen LogP contribution in [0.4, 0.5) is 22.0 Å². The van der Waals surface area contributed by atoms with Crippen LogP contribution in [0.15, 0.2) is 30.4 Å². The van der Waals surface area contributed by atoms with E-state index in [0.717, 1.165) is 38.2 Å². The number of carboxylic acid groups (broad SMARTS) is 1. The van der Waals surface area contributed by atoms with Crippen molar-refractivity contribution >= 4 is 5.97 Å². The minimum Gasteiger partial charge on any atom is -0.477 e. The highest BCUT2D eigenvalue weighted by atomic mass is 19.2. The zero-order valence-corrected chi connectivity index (χ0v) is 17.7. The Kier molecular flexibility index (Phi) is 7.69. The van der Waals surface area contributed by atoms with E-state index in [9.17, 15) is 27.5 Å². The number of halogens is 5. The van der Waals surface area contributed by atoms with Gasteiger partial charge in [0.15, 0.2) is 17.5 Å². The van der Waals surface area contributed by atoms with Crippen LogP contribution >= 0.6 is 0 Å². The molecule has 2 aromatic rings. The molecule has 172 valence electrons. The van der Waals surface area contributed by atoms with E-state index in [1.54, 1.807) is 0 Å². The van der Waals surface area contributed by atoms with Crippen LogP contribution in [-0.4, -0.2) is 11.1 Å². The number of aromatic carboxylic acids is 1. The second-order valence-corrected chi connectivity index (χ2v) is 8.28. The fourth-order valence-electron chi connectivity index (χ4n) is 4.43. The van der Waals surface area contributed by atoms with Crippen molar-refractivity contribution in [1.82, 2.24) is 0 Å². The van der Waals surface area contributed by atoms with E-state index in [2.05, 4.69) is 19.1 Å². The summed E-state index contributed by atoms with van der Waals surface area (Å²) in [5.41, 5.74) is -1.81. The molecule has 1 aliphatic carbocycles. The molecule has 0 aliphatic heterocycles. The lowest BCUT2D eigenvalue weighted by Crippen LogP contribution is -2.16. The fourth-order valence-corrected chi connectivity index (χ4v) is 4.43. The van der Waals surface area contributed by atoms with Gasteiger partial charge in [0, 0.05) is 5.56 Å². The van der Waals surface area contributed by atoms with Crippen molar-refractivity contribution < 1.29 is 31.9 Å². The largest absolute Gasteiger partial charge is 0.477 e. The Morgan fingerprint density at radius 1 is 0.938 bits per heavy atom. The average Bonchev–Trinajstić information content (AvgIpc) is 2.74. The Bertz CT molecular complexity index is 1000. The topological polar surface area (TPSA) is 37.3 Å². The summed E-state index contributed by atoms with van der Waals surface area (Å²) in [5, 5.41) is 9.23. The van der Waals surface area contributed by atoms with Gasteiger partial charge in [0.05, 0.1) is 0 Å². The van der Waals surface area contributed by atoms with Gasteiger partial charge in [0.1, 0.15) is 17.2 Å². The predicted octanol–water partition coefficient (Wildman–Crippen LogP) is 7.77. The Labute approximate surface area is 183 Å². The van der Waals surface area contributed by atoms with Crippen LogP contribution in [0.25, 0.3) is 11.1 Å².